The van der Waals surface area contributed by atoms with E-state index in [9.17, 15) is 4.79 Å². The van der Waals surface area contributed by atoms with Gasteiger partial charge in [-0.3, -0.25) is 4.79 Å². The summed E-state index contributed by atoms with van der Waals surface area (Å²) in [5, 5.41) is 5.28. The third-order valence-electron chi connectivity index (χ3n) is 4.97. The minimum absolute atomic E-state index is 0.0742. The summed E-state index contributed by atoms with van der Waals surface area (Å²) in [5.74, 6) is 1.22. The van der Waals surface area contributed by atoms with Crippen LogP contribution in [0.4, 0.5) is 0 Å². The van der Waals surface area contributed by atoms with Gasteiger partial charge in [-0.1, -0.05) is 37.6 Å². The van der Waals surface area contributed by atoms with Crippen LogP contribution in [0.5, 0.6) is 11.5 Å². The van der Waals surface area contributed by atoms with E-state index in [1.165, 1.54) is 0 Å². The molecule has 31 heavy (non-hydrogen) atoms. The second kappa shape index (κ2) is 10.4. The van der Waals surface area contributed by atoms with Crippen LogP contribution in [0, 0.1) is 0 Å². The van der Waals surface area contributed by atoms with Crippen LogP contribution in [0.2, 0.25) is 5.02 Å². The van der Waals surface area contributed by atoms with Crippen molar-refractivity contribution in [3.8, 4) is 28.4 Å². The molecule has 1 heterocycles. The minimum atomic E-state index is -0.0742. The lowest BCUT2D eigenvalue weighted by Gasteiger charge is -2.21. The lowest BCUT2D eigenvalue weighted by atomic mass is 10.1. The Labute approximate surface area is 188 Å². The molecular weight excluding hydrogens is 414 g/mol. The first-order valence-electron chi connectivity index (χ1n) is 10.4. The van der Waals surface area contributed by atoms with Gasteiger partial charge in [0.25, 0.3) is 5.91 Å². The molecule has 2 aromatic carbocycles. The number of halogens is 1. The van der Waals surface area contributed by atoms with Crippen molar-refractivity contribution in [2.24, 2.45) is 0 Å². The van der Waals surface area contributed by atoms with Gasteiger partial charge in [-0.2, -0.15) is 5.10 Å². The molecule has 0 aliphatic rings. The quantitative estimate of drug-likeness (QED) is 0.441. The van der Waals surface area contributed by atoms with E-state index in [0.29, 0.717) is 46.7 Å². The van der Waals surface area contributed by atoms with E-state index in [2.05, 4.69) is 13.8 Å². The van der Waals surface area contributed by atoms with Gasteiger partial charge in [0, 0.05) is 24.7 Å². The number of carbonyl (C=O) groups is 1. The summed E-state index contributed by atoms with van der Waals surface area (Å²) in [6, 6.07) is 14.7. The summed E-state index contributed by atoms with van der Waals surface area (Å²) >= 11 is 6.46. The van der Waals surface area contributed by atoms with Gasteiger partial charge in [0.05, 0.1) is 30.6 Å². The summed E-state index contributed by atoms with van der Waals surface area (Å²) in [5.41, 5.74) is 2.50. The Bertz CT molecular complexity index is 1040. The number of methoxy groups -OCH3 is 2. The van der Waals surface area contributed by atoms with Crippen LogP contribution < -0.4 is 9.47 Å². The summed E-state index contributed by atoms with van der Waals surface area (Å²) in [7, 11) is 3.20. The van der Waals surface area contributed by atoms with E-state index < -0.39 is 0 Å². The molecule has 0 unspecified atom stereocenters. The van der Waals surface area contributed by atoms with Crippen LogP contribution in [-0.2, 0) is 0 Å². The summed E-state index contributed by atoms with van der Waals surface area (Å²) in [6.45, 7) is 5.49. The third-order valence-corrected chi connectivity index (χ3v) is 5.29. The van der Waals surface area contributed by atoms with Crippen molar-refractivity contribution in [2.45, 2.75) is 26.7 Å². The number of carbonyl (C=O) groups excluding carboxylic acids is 1. The van der Waals surface area contributed by atoms with Crippen LogP contribution in [0.15, 0.2) is 48.5 Å². The molecule has 0 fully saturated rings. The smallest absolute Gasteiger partial charge is 0.272 e. The highest BCUT2D eigenvalue weighted by molar-refractivity contribution is 6.32. The van der Waals surface area contributed by atoms with Crippen molar-refractivity contribution in [1.82, 2.24) is 14.7 Å². The molecule has 164 valence electrons. The first-order valence-corrected chi connectivity index (χ1v) is 10.8. The molecule has 0 saturated carbocycles. The molecule has 0 spiro atoms. The summed E-state index contributed by atoms with van der Waals surface area (Å²) in [6.07, 6.45) is 1.76. The Morgan fingerprint density at radius 1 is 1.03 bits per heavy atom. The van der Waals surface area contributed by atoms with Crippen molar-refractivity contribution >= 4 is 17.5 Å². The highest BCUT2D eigenvalue weighted by atomic mass is 35.5. The number of amides is 1. The highest BCUT2D eigenvalue weighted by Crippen LogP contribution is 2.34. The van der Waals surface area contributed by atoms with E-state index in [-0.39, 0.29) is 5.91 Å². The maximum absolute atomic E-state index is 13.5. The van der Waals surface area contributed by atoms with Gasteiger partial charge in [0.15, 0.2) is 0 Å². The number of nitrogens with zero attached hydrogens (tertiary/aromatic N) is 3. The van der Waals surface area contributed by atoms with Gasteiger partial charge in [0.2, 0.25) is 0 Å². The second-order valence-corrected chi connectivity index (χ2v) is 7.54. The normalized spacial score (nSPS) is 10.7. The van der Waals surface area contributed by atoms with Crippen molar-refractivity contribution in [3.05, 3.63) is 59.2 Å². The van der Waals surface area contributed by atoms with Gasteiger partial charge in [0.1, 0.15) is 17.2 Å². The first-order chi connectivity index (χ1) is 15.0. The minimum Gasteiger partial charge on any atom is -0.497 e. The SMILES string of the molecule is CCCN(CCC)C(=O)c1cc(-c2ccc(OC)cc2OC)nn1-c1ccccc1Cl. The number of hydrogen-bond donors (Lipinski definition) is 0. The third kappa shape index (κ3) is 4.85. The second-order valence-electron chi connectivity index (χ2n) is 7.14. The summed E-state index contributed by atoms with van der Waals surface area (Å²) in [4.78, 5) is 15.4. The van der Waals surface area contributed by atoms with E-state index in [1.54, 1.807) is 37.1 Å². The zero-order chi connectivity index (χ0) is 22.4. The van der Waals surface area contributed by atoms with Gasteiger partial charge >= 0.3 is 0 Å². The number of aromatic nitrogens is 2. The molecule has 0 N–H and O–H groups in total. The van der Waals surface area contributed by atoms with E-state index in [4.69, 9.17) is 26.2 Å². The van der Waals surface area contributed by atoms with Crippen LogP contribution in [0.3, 0.4) is 0 Å². The molecule has 0 saturated heterocycles. The molecule has 3 rings (SSSR count). The zero-order valence-electron chi connectivity index (χ0n) is 18.4. The Morgan fingerprint density at radius 3 is 2.35 bits per heavy atom. The van der Waals surface area contributed by atoms with Crippen molar-refractivity contribution in [1.29, 1.82) is 0 Å². The Balaban J connectivity index is 2.17. The average molecular weight is 442 g/mol. The van der Waals surface area contributed by atoms with E-state index in [1.807, 2.05) is 35.2 Å². The van der Waals surface area contributed by atoms with Crippen LogP contribution in [-0.4, -0.2) is 47.9 Å². The average Bonchev–Trinajstić information content (AvgIpc) is 3.23. The summed E-state index contributed by atoms with van der Waals surface area (Å²) < 4.78 is 12.5. The van der Waals surface area contributed by atoms with E-state index >= 15 is 0 Å². The zero-order valence-corrected chi connectivity index (χ0v) is 19.1. The predicted octanol–water partition coefficient (Wildman–Crippen LogP) is 5.47. The highest BCUT2D eigenvalue weighted by Gasteiger charge is 2.24. The largest absolute Gasteiger partial charge is 0.497 e. The van der Waals surface area contributed by atoms with Crippen molar-refractivity contribution in [3.63, 3.8) is 0 Å². The molecule has 1 amide bonds. The Morgan fingerprint density at radius 2 is 1.74 bits per heavy atom. The molecule has 6 nitrogen and oxygen atoms in total. The van der Waals surface area contributed by atoms with Crippen molar-refractivity contribution < 1.29 is 14.3 Å². The van der Waals surface area contributed by atoms with Crippen LogP contribution in [0.1, 0.15) is 37.2 Å². The maximum Gasteiger partial charge on any atom is 0.272 e. The Kier molecular flexibility index (Phi) is 7.58. The monoisotopic (exact) mass is 441 g/mol. The molecular formula is C24H28ClN3O3. The fraction of sp³-hybridized carbons (Fsp3) is 0.333. The fourth-order valence-corrected chi connectivity index (χ4v) is 3.71. The molecule has 7 heteroatoms. The molecule has 3 aromatic rings. The molecule has 0 aliphatic carbocycles. The number of hydrogen-bond acceptors (Lipinski definition) is 4. The first kappa shape index (κ1) is 22.7. The number of ether oxygens (including phenoxy) is 2. The maximum atomic E-state index is 13.5. The molecule has 1 aromatic heterocycles. The standard InChI is InChI=1S/C24H28ClN3O3/c1-5-13-27(14-6-2)24(29)22-16-20(18-12-11-17(30-3)15-23(18)31-4)26-28(22)21-10-8-7-9-19(21)25/h7-12,15-16H,5-6,13-14H2,1-4H3. The van der Waals surface area contributed by atoms with Crippen LogP contribution >= 0.6 is 11.6 Å². The number of rotatable bonds is 9. The lowest BCUT2D eigenvalue weighted by molar-refractivity contribution is 0.0746. The molecule has 0 radical (unpaired) electrons. The lowest BCUT2D eigenvalue weighted by Crippen LogP contribution is -2.33. The molecule has 0 aliphatic heterocycles. The fourth-order valence-electron chi connectivity index (χ4n) is 3.50. The van der Waals surface area contributed by atoms with Gasteiger partial charge in [-0.15, -0.1) is 0 Å². The van der Waals surface area contributed by atoms with Gasteiger partial charge < -0.3 is 14.4 Å². The molecule has 0 bridgehead atoms. The topological polar surface area (TPSA) is 56.6 Å². The number of benzene rings is 2. The van der Waals surface area contributed by atoms with Crippen LogP contribution in [0.25, 0.3) is 16.9 Å². The van der Waals surface area contributed by atoms with Crippen molar-refractivity contribution in [2.75, 3.05) is 27.3 Å². The van der Waals surface area contributed by atoms with Gasteiger partial charge in [-0.05, 0) is 43.2 Å². The molecule has 0 atom stereocenters. The Hall–Kier alpha value is -2.99. The van der Waals surface area contributed by atoms with E-state index in [0.717, 1.165) is 18.4 Å². The number of para-hydroxylation sites is 1. The van der Waals surface area contributed by atoms with Gasteiger partial charge in [-0.25, -0.2) is 4.68 Å². The predicted molar refractivity (Wildman–Crippen MR) is 124 cm³/mol.